The first-order valence-electron chi connectivity index (χ1n) is 20.7. The predicted molar refractivity (Wildman–Crippen MR) is 216 cm³/mol. The largest absolute Gasteiger partial charge is 0.472 e. The van der Waals surface area contributed by atoms with Gasteiger partial charge in [-0.05, 0) is 57.8 Å². The lowest BCUT2D eigenvalue weighted by Gasteiger charge is -2.20. The van der Waals surface area contributed by atoms with Crippen LogP contribution in [-0.4, -0.2) is 76.9 Å². The zero-order valence-corrected chi connectivity index (χ0v) is 34.4. The van der Waals surface area contributed by atoms with E-state index in [4.69, 9.17) is 19.1 Å². The second-order valence-corrected chi connectivity index (χ2v) is 15.3. The average Bonchev–Trinajstić information content (AvgIpc) is 3.15. The molecule has 2 unspecified atom stereocenters. The molecule has 314 valence electrons. The Hall–Kier alpha value is -2.11. The molecular weight excluding hydrogens is 711 g/mol. The van der Waals surface area contributed by atoms with E-state index in [1.807, 2.05) is 18.2 Å². The number of carbonyl (C=O) groups is 2. The standard InChI is InChI=1S/C42H75O11P/c1-3-5-7-9-11-12-13-14-15-16-17-18-20-24-28-32-41(46)50-36-40(37-52-54(48,49)51-35-39(45)34-43)53-42(47)33-29-25-21-23-27-31-38(44)30-26-22-19-10-8-6-4-2/h6,8,14-15,19,22,26,30,38-40,43-45H,3-5,7,9-13,16-18,20-21,23-25,27-29,31-37H2,1-2H3,(H,48,49)/b8-6+,15-14-,22-19+,30-26+/t38?,39-,40+/m0/s1. The van der Waals surface area contributed by atoms with Crippen LogP contribution >= 0.6 is 7.82 Å². The molecule has 0 saturated carbocycles. The van der Waals surface area contributed by atoms with Crippen LogP contribution in [0.5, 0.6) is 0 Å². The zero-order valence-electron chi connectivity index (χ0n) is 33.5. The first kappa shape index (κ1) is 51.9. The van der Waals surface area contributed by atoms with Crippen molar-refractivity contribution in [3.63, 3.8) is 0 Å². The molecule has 0 aliphatic rings. The van der Waals surface area contributed by atoms with Crippen molar-refractivity contribution < 1.29 is 52.9 Å². The zero-order chi connectivity index (χ0) is 40.0. The van der Waals surface area contributed by atoms with Crippen LogP contribution in [0.2, 0.25) is 0 Å². The van der Waals surface area contributed by atoms with Crippen molar-refractivity contribution in [2.75, 3.05) is 26.4 Å². The summed E-state index contributed by atoms with van der Waals surface area (Å²) >= 11 is 0. The fourth-order valence-corrected chi connectivity index (χ4v) is 6.14. The van der Waals surface area contributed by atoms with Crippen LogP contribution in [0.25, 0.3) is 0 Å². The summed E-state index contributed by atoms with van der Waals surface area (Å²) in [6, 6.07) is 0. The van der Waals surface area contributed by atoms with Crippen LogP contribution in [0, 0.1) is 0 Å². The highest BCUT2D eigenvalue weighted by Gasteiger charge is 2.27. The lowest BCUT2D eigenvalue weighted by Crippen LogP contribution is -2.29. The van der Waals surface area contributed by atoms with E-state index < -0.39 is 57.9 Å². The molecule has 0 rings (SSSR count). The van der Waals surface area contributed by atoms with Gasteiger partial charge < -0.3 is 29.7 Å². The molecule has 0 fully saturated rings. The van der Waals surface area contributed by atoms with Gasteiger partial charge in [-0.1, -0.05) is 140 Å². The summed E-state index contributed by atoms with van der Waals surface area (Å²) < 4.78 is 32.6. The summed E-state index contributed by atoms with van der Waals surface area (Å²) in [5, 5.41) is 28.4. The van der Waals surface area contributed by atoms with E-state index in [0.717, 1.165) is 77.0 Å². The number of aliphatic hydroxyl groups excluding tert-OH is 3. The van der Waals surface area contributed by atoms with Crippen molar-refractivity contribution in [1.82, 2.24) is 0 Å². The summed E-state index contributed by atoms with van der Waals surface area (Å²) in [5.41, 5.74) is 0. The Kier molecular flexibility index (Phi) is 36.3. The maximum absolute atomic E-state index is 12.6. The second-order valence-electron chi connectivity index (χ2n) is 13.8. The molecule has 0 radical (unpaired) electrons. The second kappa shape index (κ2) is 37.8. The number of hydrogen-bond acceptors (Lipinski definition) is 10. The number of allylic oxidation sites excluding steroid dienone is 7. The Morgan fingerprint density at radius 3 is 1.85 bits per heavy atom. The van der Waals surface area contributed by atoms with E-state index in [2.05, 4.69) is 42.7 Å². The molecule has 4 N–H and O–H groups in total. The number of esters is 2. The molecule has 0 aliphatic carbocycles. The van der Waals surface area contributed by atoms with E-state index >= 15 is 0 Å². The van der Waals surface area contributed by atoms with Crippen LogP contribution in [0.4, 0.5) is 0 Å². The number of rotatable bonds is 38. The Morgan fingerprint density at radius 1 is 0.648 bits per heavy atom. The van der Waals surface area contributed by atoms with Gasteiger partial charge in [0, 0.05) is 12.8 Å². The Balaban J connectivity index is 4.43. The molecule has 0 aromatic heterocycles. The minimum Gasteiger partial charge on any atom is -0.462 e. The van der Waals surface area contributed by atoms with E-state index in [1.165, 1.54) is 38.5 Å². The van der Waals surface area contributed by atoms with Gasteiger partial charge in [-0.2, -0.15) is 0 Å². The summed E-state index contributed by atoms with van der Waals surface area (Å²) in [5.74, 6) is -1.01. The lowest BCUT2D eigenvalue weighted by atomic mass is 10.1. The molecule has 0 saturated heterocycles. The normalized spacial score (nSPS) is 15.0. The van der Waals surface area contributed by atoms with E-state index in [9.17, 15) is 29.3 Å². The molecule has 0 spiro atoms. The first-order chi connectivity index (χ1) is 26.1. The van der Waals surface area contributed by atoms with Crippen molar-refractivity contribution in [2.24, 2.45) is 0 Å². The monoisotopic (exact) mass is 787 g/mol. The molecule has 0 aliphatic heterocycles. The topological polar surface area (TPSA) is 169 Å². The smallest absolute Gasteiger partial charge is 0.462 e. The van der Waals surface area contributed by atoms with Gasteiger partial charge in [-0.3, -0.25) is 18.6 Å². The maximum Gasteiger partial charge on any atom is 0.472 e. The summed E-state index contributed by atoms with van der Waals surface area (Å²) in [7, 11) is -4.64. The third kappa shape index (κ3) is 36.8. The molecule has 0 aromatic carbocycles. The third-order valence-corrected chi connectivity index (χ3v) is 9.52. The first-order valence-corrected chi connectivity index (χ1v) is 22.2. The van der Waals surface area contributed by atoms with Crippen molar-refractivity contribution in [3.05, 3.63) is 48.6 Å². The molecule has 0 aromatic rings. The number of carbonyl (C=O) groups excluding carboxylic acids is 2. The number of hydrogen-bond donors (Lipinski definition) is 4. The van der Waals surface area contributed by atoms with Gasteiger partial charge >= 0.3 is 19.8 Å². The Morgan fingerprint density at radius 2 is 1.22 bits per heavy atom. The number of phosphoric acid groups is 1. The Labute approximate surface area is 326 Å². The number of ether oxygens (including phenoxy) is 2. The van der Waals surface area contributed by atoms with E-state index in [1.54, 1.807) is 6.08 Å². The highest BCUT2D eigenvalue weighted by molar-refractivity contribution is 7.47. The lowest BCUT2D eigenvalue weighted by molar-refractivity contribution is -0.161. The quantitative estimate of drug-likeness (QED) is 0.0155. The molecule has 12 heteroatoms. The minimum atomic E-state index is -4.64. The van der Waals surface area contributed by atoms with Crippen molar-refractivity contribution in [1.29, 1.82) is 0 Å². The summed E-state index contributed by atoms with van der Waals surface area (Å²) in [6.07, 6.45) is 35.2. The van der Waals surface area contributed by atoms with Gasteiger partial charge in [0.1, 0.15) is 12.7 Å². The summed E-state index contributed by atoms with van der Waals surface area (Å²) in [4.78, 5) is 34.9. The van der Waals surface area contributed by atoms with Crippen molar-refractivity contribution in [2.45, 2.75) is 180 Å². The number of phosphoric ester groups is 1. The highest BCUT2D eigenvalue weighted by Crippen LogP contribution is 2.43. The maximum atomic E-state index is 12.6. The van der Waals surface area contributed by atoms with E-state index in [0.29, 0.717) is 19.3 Å². The SMILES string of the molecule is CC/C=C/C/C=C/C=C/C(O)CCCCCCCC(=O)O[C@H](COC(=O)CCCCCCC/C=C\CCCCCCCC)COP(=O)(O)OC[C@@H](O)CO. The number of unbranched alkanes of at least 4 members (excludes halogenated alkanes) is 15. The van der Waals surface area contributed by atoms with Gasteiger partial charge in [0.05, 0.1) is 25.9 Å². The van der Waals surface area contributed by atoms with Crippen LogP contribution in [0.1, 0.15) is 162 Å². The fraction of sp³-hybridized carbons (Fsp3) is 0.762. The van der Waals surface area contributed by atoms with Crippen molar-refractivity contribution in [3.8, 4) is 0 Å². The van der Waals surface area contributed by atoms with Gasteiger partial charge in [0.15, 0.2) is 6.10 Å². The molecule has 4 atom stereocenters. The predicted octanol–water partition coefficient (Wildman–Crippen LogP) is 9.53. The van der Waals surface area contributed by atoms with Gasteiger partial charge in [0.2, 0.25) is 0 Å². The molecule has 11 nitrogen and oxygen atoms in total. The fourth-order valence-electron chi connectivity index (χ4n) is 5.35. The van der Waals surface area contributed by atoms with Crippen LogP contribution < -0.4 is 0 Å². The van der Waals surface area contributed by atoms with Gasteiger partial charge in [0.25, 0.3) is 0 Å². The van der Waals surface area contributed by atoms with Gasteiger partial charge in [-0.25, -0.2) is 4.57 Å². The Bertz CT molecular complexity index is 1060. The molecule has 54 heavy (non-hydrogen) atoms. The summed E-state index contributed by atoms with van der Waals surface area (Å²) in [6.45, 7) is 2.11. The van der Waals surface area contributed by atoms with Gasteiger partial charge in [-0.15, -0.1) is 0 Å². The van der Waals surface area contributed by atoms with Crippen LogP contribution in [0.15, 0.2) is 48.6 Å². The average molecular weight is 787 g/mol. The highest BCUT2D eigenvalue weighted by atomic mass is 31.2. The minimum absolute atomic E-state index is 0.112. The van der Waals surface area contributed by atoms with E-state index in [-0.39, 0.29) is 19.4 Å². The van der Waals surface area contributed by atoms with Crippen LogP contribution in [0.3, 0.4) is 0 Å². The van der Waals surface area contributed by atoms with Crippen LogP contribution in [-0.2, 0) is 32.7 Å². The molecule has 0 heterocycles. The molecule has 0 bridgehead atoms. The molecule has 0 amide bonds. The number of aliphatic hydroxyl groups is 3. The molecular formula is C42H75O11P. The van der Waals surface area contributed by atoms with Crippen molar-refractivity contribution >= 4 is 19.8 Å². The third-order valence-electron chi connectivity index (χ3n) is 8.57.